The van der Waals surface area contributed by atoms with Crippen molar-refractivity contribution in [2.45, 2.75) is 52.4 Å². The fourth-order valence-electron chi connectivity index (χ4n) is 2.16. The molecule has 1 aromatic heterocycles. The molecule has 1 atom stereocenters. The van der Waals surface area contributed by atoms with E-state index >= 15 is 0 Å². The van der Waals surface area contributed by atoms with Crippen LogP contribution in [0.1, 0.15) is 41.9 Å². The summed E-state index contributed by atoms with van der Waals surface area (Å²) in [6.07, 6.45) is -5.35. The summed E-state index contributed by atoms with van der Waals surface area (Å²) in [4.78, 5) is 26.3. The molecule has 1 heterocycles. The molecule has 0 aliphatic heterocycles. The number of hydrogen-bond donors (Lipinski definition) is 2. The Kier molecular flexibility index (Phi) is 5.33. The third-order valence-corrected chi connectivity index (χ3v) is 2.96. The van der Waals surface area contributed by atoms with Crippen LogP contribution in [0.3, 0.4) is 0 Å². The Bertz CT molecular complexity index is 577. The van der Waals surface area contributed by atoms with Crippen molar-refractivity contribution in [1.29, 1.82) is 0 Å². The maximum atomic E-state index is 12.9. The molecule has 0 saturated carbocycles. The smallest absolute Gasteiger partial charge is 0.326 e. The van der Waals surface area contributed by atoms with Gasteiger partial charge in [0, 0.05) is 18.2 Å². The van der Waals surface area contributed by atoms with Gasteiger partial charge in [0.05, 0.1) is 5.56 Å². The van der Waals surface area contributed by atoms with Crippen molar-refractivity contribution in [1.82, 2.24) is 10.3 Å². The molecule has 0 aliphatic rings. The average Bonchev–Trinajstić information content (AvgIpc) is 2.24. The van der Waals surface area contributed by atoms with Crippen LogP contribution in [-0.4, -0.2) is 29.0 Å². The van der Waals surface area contributed by atoms with Gasteiger partial charge >= 0.3 is 6.18 Å². The van der Waals surface area contributed by atoms with E-state index in [1.807, 2.05) is 0 Å². The zero-order valence-corrected chi connectivity index (χ0v) is 12.4. The van der Waals surface area contributed by atoms with E-state index in [-0.39, 0.29) is 5.56 Å². The third kappa shape index (κ3) is 4.70. The van der Waals surface area contributed by atoms with Crippen LogP contribution in [0.5, 0.6) is 0 Å². The predicted octanol–water partition coefficient (Wildman–Crippen LogP) is 2.49. The van der Waals surface area contributed by atoms with Gasteiger partial charge in [-0.1, -0.05) is 13.8 Å². The number of aromatic amines is 1. The van der Waals surface area contributed by atoms with Crippen LogP contribution in [-0.2, 0) is 0 Å². The molecule has 0 aliphatic carbocycles. The van der Waals surface area contributed by atoms with Crippen LogP contribution in [0.25, 0.3) is 0 Å². The van der Waals surface area contributed by atoms with Crippen molar-refractivity contribution in [3.05, 3.63) is 33.2 Å². The number of aryl methyl sites for hydroxylation is 2. The maximum absolute atomic E-state index is 12.9. The molecular weight excluding hydrogens is 285 g/mol. The molecule has 7 heteroatoms. The highest BCUT2D eigenvalue weighted by Gasteiger charge is 2.41. The van der Waals surface area contributed by atoms with E-state index in [4.69, 9.17) is 0 Å². The van der Waals surface area contributed by atoms with E-state index in [0.717, 1.165) is 0 Å². The minimum Gasteiger partial charge on any atom is -0.326 e. The number of carbonyl (C=O) groups is 1. The first-order chi connectivity index (χ1) is 9.52. The summed E-state index contributed by atoms with van der Waals surface area (Å²) in [5.41, 5.74) is 0.0804. The van der Waals surface area contributed by atoms with E-state index < -0.39 is 36.0 Å². The first-order valence-corrected chi connectivity index (χ1v) is 6.59. The zero-order chi connectivity index (χ0) is 16.4. The van der Waals surface area contributed by atoms with Crippen molar-refractivity contribution >= 4 is 5.78 Å². The van der Waals surface area contributed by atoms with E-state index in [0.29, 0.717) is 11.3 Å². The molecule has 1 aromatic rings. The Balaban J connectivity index is 3.06. The number of aromatic nitrogens is 1. The van der Waals surface area contributed by atoms with Crippen LogP contribution in [0.2, 0.25) is 0 Å². The number of pyridine rings is 1. The summed E-state index contributed by atoms with van der Waals surface area (Å²) in [6.45, 7) is 6.30. The van der Waals surface area contributed by atoms with Gasteiger partial charge in [0.15, 0.2) is 5.78 Å². The van der Waals surface area contributed by atoms with Crippen molar-refractivity contribution in [3.8, 4) is 0 Å². The van der Waals surface area contributed by atoms with E-state index in [1.54, 1.807) is 26.8 Å². The summed E-state index contributed by atoms with van der Waals surface area (Å²) in [6, 6.07) is -0.834. The largest absolute Gasteiger partial charge is 0.404 e. The van der Waals surface area contributed by atoms with Crippen molar-refractivity contribution in [2.75, 3.05) is 0 Å². The zero-order valence-electron chi connectivity index (χ0n) is 12.4. The number of hydrogen-bond acceptors (Lipinski definition) is 3. The van der Waals surface area contributed by atoms with Crippen LogP contribution >= 0.6 is 0 Å². The molecule has 4 nitrogen and oxygen atoms in total. The lowest BCUT2D eigenvalue weighted by molar-refractivity contribution is -0.156. The molecule has 0 radical (unpaired) electrons. The minimum absolute atomic E-state index is 0.208. The summed E-state index contributed by atoms with van der Waals surface area (Å²) in [5.74, 6) is -0.816. The second kappa shape index (κ2) is 6.43. The second-order valence-corrected chi connectivity index (χ2v) is 5.38. The second-order valence-electron chi connectivity index (χ2n) is 5.38. The van der Waals surface area contributed by atoms with Gasteiger partial charge in [0.25, 0.3) is 5.56 Å². The number of nitrogens with one attached hydrogen (secondary N) is 2. The maximum Gasteiger partial charge on any atom is 0.404 e. The number of rotatable bonds is 5. The number of Topliss-reactive ketones (excluding diaryl/α,β-unsaturated/α-hetero) is 1. The molecule has 0 bridgehead atoms. The predicted molar refractivity (Wildman–Crippen MR) is 73.6 cm³/mol. The quantitative estimate of drug-likeness (QED) is 0.822. The molecular formula is C14H19F3N2O2. The Labute approximate surface area is 120 Å². The van der Waals surface area contributed by atoms with Crippen LogP contribution in [0, 0.1) is 13.8 Å². The molecule has 2 N–H and O–H groups in total. The van der Waals surface area contributed by atoms with Crippen molar-refractivity contribution in [2.24, 2.45) is 0 Å². The number of alkyl halides is 3. The normalized spacial score (nSPS) is 13.5. The van der Waals surface area contributed by atoms with Gasteiger partial charge in [-0.2, -0.15) is 13.2 Å². The molecule has 118 valence electrons. The number of ketones is 1. The lowest BCUT2D eigenvalue weighted by atomic mass is 10.00. The van der Waals surface area contributed by atoms with E-state index in [9.17, 15) is 22.8 Å². The molecule has 0 spiro atoms. The Morgan fingerprint density at radius 3 is 2.33 bits per heavy atom. The molecule has 1 rings (SSSR count). The molecule has 21 heavy (non-hydrogen) atoms. The molecule has 0 amide bonds. The van der Waals surface area contributed by atoms with Gasteiger partial charge in [-0.3, -0.25) is 9.59 Å². The molecule has 0 fully saturated rings. The number of halogens is 3. The summed E-state index contributed by atoms with van der Waals surface area (Å²) in [5, 5.41) is 2.31. The highest BCUT2D eigenvalue weighted by Crippen LogP contribution is 2.24. The van der Waals surface area contributed by atoms with Crippen molar-refractivity contribution in [3.63, 3.8) is 0 Å². The van der Waals surface area contributed by atoms with Crippen molar-refractivity contribution < 1.29 is 18.0 Å². The first-order valence-electron chi connectivity index (χ1n) is 6.59. The summed E-state index contributed by atoms with van der Waals surface area (Å²) < 4.78 is 38.8. The number of carbonyl (C=O) groups excluding carboxylic acids is 1. The summed E-state index contributed by atoms with van der Waals surface area (Å²) in [7, 11) is 0. The lowest BCUT2D eigenvalue weighted by Gasteiger charge is -2.23. The van der Waals surface area contributed by atoms with E-state index in [2.05, 4.69) is 10.3 Å². The average molecular weight is 304 g/mol. The van der Waals surface area contributed by atoms with Crippen LogP contribution in [0.15, 0.2) is 10.9 Å². The first kappa shape index (κ1) is 17.4. The Morgan fingerprint density at radius 1 is 1.33 bits per heavy atom. The van der Waals surface area contributed by atoms with Gasteiger partial charge in [-0.05, 0) is 25.5 Å². The Hall–Kier alpha value is -1.63. The molecule has 0 aromatic carbocycles. The standard InChI is InChI=1S/C14H19F3N2O2/c1-7(2)18-11(14(15,16)17)6-10(20)12-8(3)5-9(4)19-13(12)21/h5,7,11,18H,6H2,1-4H3,(H,19,21). The van der Waals surface area contributed by atoms with Gasteiger partial charge < -0.3 is 10.3 Å². The van der Waals surface area contributed by atoms with Gasteiger partial charge in [-0.25, -0.2) is 0 Å². The summed E-state index contributed by atoms with van der Waals surface area (Å²) >= 11 is 0. The van der Waals surface area contributed by atoms with Crippen LogP contribution in [0.4, 0.5) is 13.2 Å². The third-order valence-electron chi connectivity index (χ3n) is 2.96. The molecule has 1 unspecified atom stereocenters. The SMILES string of the molecule is Cc1cc(C)c(C(=O)CC(NC(C)C)C(F)(F)F)c(=O)[nH]1. The van der Waals surface area contributed by atoms with Gasteiger partial charge in [0.1, 0.15) is 6.04 Å². The van der Waals surface area contributed by atoms with Gasteiger partial charge in [-0.15, -0.1) is 0 Å². The highest BCUT2D eigenvalue weighted by molar-refractivity contribution is 5.97. The lowest BCUT2D eigenvalue weighted by Crippen LogP contribution is -2.47. The molecule has 0 saturated heterocycles. The fourth-order valence-corrected chi connectivity index (χ4v) is 2.16. The minimum atomic E-state index is -4.55. The Morgan fingerprint density at radius 2 is 1.90 bits per heavy atom. The topological polar surface area (TPSA) is 62.0 Å². The number of H-pyrrole nitrogens is 1. The monoisotopic (exact) mass is 304 g/mol. The fraction of sp³-hybridized carbons (Fsp3) is 0.571. The highest BCUT2D eigenvalue weighted by atomic mass is 19.4. The van der Waals surface area contributed by atoms with Crippen LogP contribution < -0.4 is 10.9 Å². The van der Waals surface area contributed by atoms with Gasteiger partial charge in [0.2, 0.25) is 0 Å². The van der Waals surface area contributed by atoms with E-state index in [1.165, 1.54) is 6.92 Å².